The molecule has 0 aliphatic carbocycles. The molecule has 0 aliphatic rings. The molecule has 0 saturated heterocycles. The van der Waals surface area contributed by atoms with E-state index in [1.165, 1.54) is 0 Å². The summed E-state index contributed by atoms with van der Waals surface area (Å²) in [5.41, 5.74) is 0.765. The predicted molar refractivity (Wildman–Crippen MR) is 50.2 cm³/mol. The van der Waals surface area contributed by atoms with E-state index in [1.807, 2.05) is 29.9 Å². The molecule has 4 nitrogen and oxygen atoms in total. The lowest BCUT2D eigenvalue weighted by atomic mass is 10.4. The lowest BCUT2D eigenvalue weighted by molar-refractivity contribution is 0.574. The van der Waals surface area contributed by atoms with Gasteiger partial charge in [0.25, 0.3) is 0 Å². The van der Waals surface area contributed by atoms with Crippen LogP contribution in [0, 0.1) is 11.3 Å². The van der Waals surface area contributed by atoms with Gasteiger partial charge in [0.15, 0.2) is 11.6 Å². The number of furan rings is 1. The van der Waals surface area contributed by atoms with E-state index in [0.29, 0.717) is 6.42 Å². The molecule has 0 bridgehead atoms. The van der Waals surface area contributed by atoms with Gasteiger partial charge in [-0.25, -0.2) is 4.98 Å². The van der Waals surface area contributed by atoms with Gasteiger partial charge in [0.1, 0.15) is 0 Å². The van der Waals surface area contributed by atoms with Gasteiger partial charge in [-0.3, -0.25) is 0 Å². The van der Waals surface area contributed by atoms with Crippen molar-refractivity contribution in [2.45, 2.75) is 6.42 Å². The van der Waals surface area contributed by atoms with E-state index in [1.54, 1.807) is 6.26 Å². The summed E-state index contributed by atoms with van der Waals surface area (Å²) in [6.07, 6.45) is 3.77. The number of nitriles is 1. The van der Waals surface area contributed by atoms with E-state index in [9.17, 15) is 0 Å². The molecule has 0 fully saturated rings. The molecule has 2 aromatic heterocycles. The Morgan fingerprint density at radius 1 is 1.64 bits per heavy atom. The summed E-state index contributed by atoms with van der Waals surface area (Å²) in [5.74, 6) is 1.47. The Labute approximate surface area is 81.4 Å². The smallest absolute Gasteiger partial charge is 0.176 e. The molecule has 0 atom stereocenters. The summed E-state index contributed by atoms with van der Waals surface area (Å²) >= 11 is 0. The Balaban J connectivity index is 2.41. The van der Waals surface area contributed by atoms with Crippen molar-refractivity contribution in [1.82, 2.24) is 9.55 Å². The molecular formula is C10H9N3O. The SMILES string of the molecule is Cn1cc(CC#N)nc1-c1ccco1. The number of aromatic nitrogens is 2. The van der Waals surface area contributed by atoms with Crippen molar-refractivity contribution in [1.29, 1.82) is 5.26 Å². The molecule has 0 saturated carbocycles. The number of imidazole rings is 1. The second kappa shape index (κ2) is 3.38. The standard InChI is InChI=1S/C10H9N3O/c1-13-7-8(4-5-11)12-10(13)9-3-2-6-14-9/h2-3,6-7H,4H2,1H3. The minimum atomic E-state index is 0.328. The highest BCUT2D eigenvalue weighted by molar-refractivity contribution is 5.47. The third-order valence-electron chi connectivity index (χ3n) is 1.93. The Kier molecular flexibility index (Phi) is 2.07. The van der Waals surface area contributed by atoms with Crippen LogP contribution in [0.1, 0.15) is 5.69 Å². The van der Waals surface area contributed by atoms with E-state index in [4.69, 9.17) is 9.68 Å². The first-order chi connectivity index (χ1) is 6.81. The normalized spacial score (nSPS) is 10.0. The molecule has 2 heterocycles. The molecule has 70 valence electrons. The van der Waals surface area contributed by atoms with E-state index in [-0.39, 0.29) is 0 Å². The van der Waals surface area contributed by atoms with Gasteiger partial charge in [-0.2, -0.15) is 5.26 Å². The van der Waals surface area contributed by atoms with Gasteiger partial charge in [-0.1, -0.05) is 0 Å². The van der Waals surface area contributed by atoms with Crippen LogP contribution in [-0.4, -0.2) is 9.55 Å². The first-order valence-corrected chi connectivity index (χ1v) is 4.24. The van der Waals surface area contributed by atoms with Gasteiger partial charge in [-0.05, 0) is 12.1 Å². The van der Waals surface area contributed by atoms with Gasteiger partial charge in [0, 0.05) is 13.2 Å². The molecule has 0 spiro atoms. The van der Waals surface area contributed by atoms with Gasteiger partial charge >= 0.3 is 0 Å². The fourth-order valence-electron chi connectivity index (χ4n) is 1.33. The average Bonchev–Trinajstić information content (AvgIpc) is 2.74. The van der Waals surface area contributed by atoms with Gasteiger partial charge in [0.05, 0.1) is 24.4 Å². The minimum absolute atomic E-state index is 0.328. The van der Waals surface area contributed by atoms with Crippen molar-refractivity contribution in [2.75, 3.05) is 0 Å². The van der Waals surface area contributed by atoms with Crippen LogP contribution >= 0.6 is 0 Å². The highest BCUT2D eigenvalue weighted by atomic mass is 16.3. The van der Waals surface area contributed by atoms with Crippen molar-refractivity contribution in [3.05, 3.63) is 30.3 Å². The first kappa shape index (κ1) is 8.57. The molecule has 0 radical (unpaired) electrons. The van der Waals surface area contributed by atoms with Crippen LogP contribution in [0.25, 0.3) is 11.6 Å². The molecular weight excluding hydrogens is 178 g/mol. The summed E-state index contributed by atoms with van der Waals surface area (Å²) in [5, 5.41) is 8.53. The molecule has 14 heavy (non-hydrogen) atoms. The lowest BCUT2D eigenvalue weighted by Gasteiger charge is -1.94. The van der Waals surface area contributed by atoms with Crippen molar-refractivity contribution < 1.29 is 4.42 Å². The fourth-order valence-corrected chi connectivity index (χ4v) is 1.33. The van der Waals surface area contributed by atoms with Crippen LogP contribution in [0.5, 0.6) is 0 Å². The third-order valence-corrected chi connectivity index (χ3v) is 1.93. The van der Waals surface area contributed by atoms with E-state index < -0.39 is 0 Å². The van der Waals surface area contributed by atoms with E-state index in [0.717, 1.165) is 17.3 Å². The summed E-state index contributed by atoms with van der Waals surface area (Å²) in [7, 11) is 1.88. The van der Waals surface area contributed by atoms with Crippen molar-refractivity contribution in [3.63, 3.8) is 0 Å². The lowest BCUT2D eigenvalue weighted by Crippen LogP contribution is -1.88. The Bertz CT molecular complexity index is 462. The molecule has 0 aromatic carbocycles. The molecule has 0 N–H and O–H groups in total. The van der Waals surface area contributed by atoms with Gasteiger partial charge in [0.2, 0.25) is 0 Å². The molecule has 2 rings (SSSR count). The second-order valence-corrected chi connectivity index (χ2v) is 2.98. The fraction of sp³-hybridized carbons (Fsp3) is 0.200. The summed E-state index contributed by atoms with van der Waals surface area (Å²) < 4.78 is 7.08. The number of aryl methyl sites for hydroxylation is 1. The quantitative estimate of drug-likeness (QED) is 0.719. The maximum Gasteiger partial charge on any atom is 0.176 e. The minimum Gasteiger partial charge on any atom is -0.461 e. The summed E-state index contributed by atoms with van der Waals surface area (Å²) in [6, 6.07) is 5.72. The Morgan fingerprint density at radius 3 is 3.14 bits per heavy atom. The second-order valence-electron chi connectivity index (χ2n) is 2.98. The molecule has 0 aliphatic heterocycles. The first-order valence-electron chi connectivity index (χ1n) is 4.24. The van der Waals surface area contributed by atoms with Crippen LogP contribution in [-0.2, 0) is 13.5 Å². The summed E-state index contributed by atoms with van der Waals surface area (Å²) in [4.78, 5) is 4.29. The van der Waals surface area contributed by atoms with Gasteiger partial charge in [-0.15, -0.1) is 0 Å². The third kappa shape index (κ3) is 1.40. The van der Waals surface area contributed by atoms with E-state index >= 15 is 0 Å². The highest BCUT2D eigenvalue weighted by Crippen LogP contribution is 2.18. The van der Waals surface area contributed by atoms with Crippen LogP contribution in [0.15, 0.2) is 29.0 Å². The Morgan fingerprint density at radius 2 is 2.50 bits per heavy atom. The maximum absolute atomic E-state index is 8.53. The molecule has 2 aromatic rings. The largest absolute Gasteiger partial charge is 0.461 e. The van der Waals surface area contributed by atoms with Crippen LogP contribution in [0.4, 0.5) is 0 Å². The van der Waals surface area contributed by atoms with Gasteiger partial charge < -0.3 is 8.98 Å². The number of nitrogens with zero attached hydrogens (tertiary/aromatic N) is 3. The van der Waals surface area contributed by atoms with Crippen molar-refractivity contribution in [2.24, 2.45) is 7.05 Å². The monoisotopic (exact) mass is 187 g/mol. The predicted octanol–water partition coefficient (Wildman–Crippen LogP) is 1.75. The highest BCUT2D eigenvalue weighted by Gasteiger charge is 2.09. The van der Waals surface area contributed by atoms with Crippen molar-refractivity contribution in [3.8, 4) is 17.7 Å². The molecule has 4 heteroatoms. The summed E-state index contributed by atoms with van der Waals surface area (Å²) in [6.45, 7) is 0. The molecule has 0 amide bonds. The zero-order chi connectivity index (χ0) is 9.97. The Hall–Kier alpha value is -2.02. The van der Waals surface area contributed by atoms with Crippen molar-refractivity contribution >= 4 is 0 Å². The van der Waals surface area contributed by atoms with E-state index in [2.05, 4.69) is 11.1 Å². The van der Waals surface area contributed by atoms with Crippen LogP contribution < -0.4 is 0 Å². The number of hydrogen-bond acceptors (Lipinski definition) is 3. The van der Waals surface area contributed by atoms with Crippen LogP contribution in [0.3, 0.4) is 0 Å². The average molecular weight is 187 g/mol. The van der Waals surface area contributed by atoms with Crippen LogP contribution in [0.2, 0.25) is 0 Å². The zero-order valence-corrected chi connectivity index (χ0v) is 7.77. The number of rotatable bonds is 2. The molecule has 0 unspecified atom stereocenters. The topological polar surface area (TPSA) is 54.8 Å². The number of hydrogen-bond donors (Lipinski definition) is 0. The maximum atomic E-state index is 8.53. The zero-order valence-electron chi connectivity index (χ0n) is 7.77.